The molecule has 0 radical (unpaired) electrons. The summed E-state index contributed by atoms with van der Waals surface area (Å²) in [6.07, 6.45) is 1.27. The van der Waals surface area contributed by atoms with E-state index in [4.69, 9.17) is 9.47 Å². The van der Waals surface area contributed by atoms with Crippen molar-refractivity contribution in [1.29, 1.82) is 0 Å². The maximum atomic E-state index is 12.8. The van der Waals surface area contributed by atoms with Crippen LogP contribution in [0, 0.1) is 0 Å². The second kappa shape index (κ2) is 5.01. The van der Waals surface area contributed by atoms with Crippen molar-refractivity contribution in [2.24, 2.45) is 0 Å². The zero-order valence-corrected chi connectivity index (χ0v) is 11.7. The lowest BCUT2D eigenvalue weighted by Crippen LogP contribution is -2.23. The first-order valence-electron chi connectivity index (χ1n) is 7.32. The topological polar surface area (TPSA) is 35.5 Å². The Labute approximate surface area is 123 Å². The fourth-order valence-corrected chi connectivity index (χ4v) is 3.10. The van der Waals surface area contributed by atoms with E-state index in [1.165, 1.54) is 5.56 Å². The van der Waals surface area contributed by atoms with Crippen LogP contribution in [0.3, 0.4) is 0 Å². The number of rotatable bonds is 2. The zero-order valence-electron chi connectivity index (χ0n) is 11.7. The van der Waals surface area contributed by atoms with Crippen molar-refractivity contribution >= 4 is 5.78 Å². The predicted octanol–water partition coefficient (Wildman–Crippen LogP) is 3.12. The van der Waals surface area contributed by atoms with E-state index < -0.39 is 6.10 Å². The molecule has 3 heteroatoms. The van der Waals surface area contributed by atoms with Gasteiger partial charge in [-0.25, -0.2) is 0 Å². The second-order valence-electron chi connectivity index (χ2n) is 5.48. The van der Waals surface area contributed by atoms with E-state index in [9.17, 15) is 4.79 Å². The molecule has 2 aliphatic rings. The number of hydrogen-bond acceptors (Lipinski definition) is 3. The normalized spacial score (nSPS) is 19.5. The molecule has 0 bridgehead atoms. The van der Waals surface area contributed by atoms with Crippen LogP contribution in [-0.4, -0.2) is 19.0 Å². The van der Waals surface area contributed by atoms with Gasteiger partial charge >= 0.3 is 0 Å². The third kappa shape index (κ3) is 2.14. The second-order valence-corrected chi connectivity index (χ2v) is 5.48. The van der Waals surface area contributed by atoms with E-state index in [-0.39, 0.29) is 5.78 Å². The van der Waals surface area contributed by atoms with Gasteiger partial charge in [-0.05, 0) is 41.3 Å². The monoisotopic (exact) mass is 280 g/mol. The van der Waals surface area contributed by atoms with Gasteiger partial charge in [-0.3, -0.25) is 4.79 Å². The molecule has 106 valence electrons. The van der Waals surface area contributed by atoms with Gasteiger partial charge in [0.2, 0.25) is 0 Å². The van der Waals surface area contributed by atoms with E-state index in [0.29, 0.717) is 18.8 Å². The van der Waals surface area contributed by atoms with E-state index in [0.717, 1.165) is 29.7 Å². The molecule has 0 N–H and O–H groups in total. The van der Waals surface area contributed by atoms with Gasteiger partial charge in [-0.15, -0.1) is 0 Å². The molecule has 0 saturated heterocycles. The Kier molecular flexibility index (Phi) is 3.00. The van der Waals surface area contributed by atoms with E-state index in [1.54, 1.807) is 0 Å². The molecule has 4 rings (SSSR count). The highest BCUT2D eigenvalue weighted by Crippen LogP contribution is 2.32. The molecule has 0 aromatic heterocycles. The van der Waals surface area contributed by atoms with Gasteiger partial charge in [0, 0.05) is 12.0 Å². The molecule has 0 fully saturated rings. The number of fused-ring (bicyclic) bond motifs is 2. The number of carbonyl (C=O) groups excluding carboxylic acids is 1. The molecular weight excluding hydrogens is 264 g/mol. The van der Waals surface area contributed by atoms with Crippen LogP contribution in [0.25, 0.3) is 0 Å². The highest BCUT2D eigenvalue weighted by molar-refractivity contribution is 6.00. The highest BCUT2D eigenvalue weighted by atomic mass is 16.5. The summed E-state index contributed by atoms with van der Waals surface area (Å²) in [5.74, 6) is 0.938. The van der Waals surface area contributed by atoms with Crippen LogP contribution in [0.4, 0.5) is 0 Å². The van der Waals surface area contributed by atoms with Crippen LogP contribution in [0.15, 0.2) is 42.5 Å². The van der Waals surface area contributed by atoms with Gasteiger partial charge in [-0.2, -0.15) is 0 Å². The van der Waals surface area contributed by atoms with Gasteiger partial charge in [0.1, 0.15) is 11.9 Å². The number of ketones is 1. The summed E-state index contributed by atoms with van der Waals surface area (Å²) in [5, 5.41) is 0. The average Bonchev–Trinajstić information content (AvgIpc) is 3.01. The summed E-state index contributed by atoms with van der Waals surface area (Å²) in [6, 6.07) is 13.7. The number of hydrogen-bond donors (Lipinski definition) is 0. The van der Waals surface area contributed by atoms with Gasteiger partial charge in [0.25, 0.3) is 0 Å². The van der Waals surface area contributed by atoms with Crippen molar-refractivity contribution < 1.29 is 14.3 Å². The molecular formula is C18H16O3. The summed E-state index contributed by atoms with van der Waals surface area (Å²) in [7, 11) is 0. The Morgan fingerprint density at radius 3 is 2.81 bits per heavy atom. The van der Waals surface area contributed by atoms with Crippen molar-refractivity contribution in [3.8, 4) is 5.75 Å². The van der Waals surface area contributed by atoms with Gasteiger partial charge in [-0.1, -0.05) is 24.3 Å². The lowest BCUT2D eigenvalue weighted by Gasteiger charge is -2.25. The van der Waals surface area contributed by atoms with Crippen molar-refractivity contribution in [2.75, 3.05) is 13.2 Å². The molecule has 0 saturated carbocycles. The summed E-state index contributed by atoms with van der Waals surface area (Å²) in [5.41, 5.74) is 4.04. The first-order chi connectivity index (χ1) is 10.3. The number of benzene rings is 2. The van der Waals surface area contributed by atoms with Crippen LogP contribution in [0.1, 0.15) is 33.2 Å². The molecule has 2 heterocycles. The van der Waals surface area contributed by atoms with Gasteiger partial charge in [0.15, 0.2) is 5.78 Å². The van der Waals surface area contributed by atoms with Crippen LogP contribution in [-0.2, 0) is 17.6 Å². The average molecular weight is 280 g/mol. The minimum atomic E-state index is -0.477. The maximum absolute atomic E-state index is 12.8. The molecule has 0 amide bonds. The largest absolute Gasteiger partial charge is 0.493 e. The molecule has 0 aliphatic carbocycles. The Morgan fingerprint density at radius 2 is 1.86 bits per heavy atom. The summed E-state index contributed by atoms with van der Waals surface area (Å²) >= 11 is 0. The Bertz CT molecular complexity index is 705. The lowest BCUT2D eigenvalue weighted by atomic mass is 9.92. The molecule has 3 nitrogen and oxygen atoms in total. The third-order valence-corrected chi connectivity index (χ3v) is 4.21. The molecule has 0 spiro atoms. The van der Waals surface area contributed by atoms with E-state index in [1.807, 2.05) is 36.4 Å². The standard InChI is InChI=1S/C18H16O3/c19-17(14-5-6-16-13(11-14)8-9-20-16)18-15-4-2-1-3-12(15)7-10-21-18/h1-6,11,18H,7-10H2. The molecule has 2 aromatic carbocycles. The first kappa shape index (κ1) is 12.6. The quantitative estimate of drug-likeness (QED) is 0.793. The number of Topliss-reactive ketones (excluding diaryl/α,β-unsaturated/α-hetero) is 1. The first-order valence-corrected chi connectivity index (χ1v) is 7.32. The van der Waals surface area contributed by atoms with Gasteiger partial charge in [0.05, 0.1) is 13.2 Å². The lowest BCUT2D eigenvalue weighted by molar-refractivity contribution is 0.0349. The fraction of sp³-hybridized carbons (Fsp3) is 0.278. The van der Waals surface area contributed by atoms with Crippen molar-refractivity contribution in [1.82, 2.24) is 0 Å². The van der Waals surface area contributed by atoms with Gasteiger partial charge < -0.3 is 9.47 Å². The number of carbonyl (C=O) groups is 1. The van der Waals surface area contributed by atoms with Crippen molar-refractivity contribution in [3.05, 3.63) is 64.7 Å². The Hall–Kier alpha value is -2.13. The zero-order chi connectivity index (χ0) is 14.2. The van der Waals surface area contributed by atoms with Crippen LogP contribution in [0.2, 0.25) is 0 Å². The fourth-order valence-electron chi connectivity index (χ4n) is 3.10. The van der Waals surface area contributed by atoms with Crippen molar-refractivity contribution in [3.63, 3.8) is 0 Å². The smallest absolute Gasteiger partial charge is 0.196 e. The minimum absolute atomic E-state index is 0.0388. The maximum Gasteiger partial charge on any atom is 0.196 e. The molecule has 2 aliphatic heterocycles. The van der Waals surface area contributed by atoms with Crippen molar-refractivity contribution in [2.45, 2.75) is 18.9 Å². The Balaban J connectivity index is 1.70. The predicted molar refractivity (Wildman–Crippen MR) is 78.8 cm³/mol. The summed E-state index contributed by atoms with van der Waals surface area (Å²) in [4.78, 5) is 12.8. The minimum Gasteiger partial charge on any atom is -0.493 e. The molecule has 1 unspecified atom stereocenters. The Morgan fingerprint density at radius 1 is 1.00 bits per heavy atom. The van der Waals surface area contributed by atoms with Crippen LogP contribution >= 0.6 is 0 Å². The highest BCUT2D eigenvalue weighted by Gasteiger charge is 2.28. The summed E-state index contributed by atoms with van der Waals surface area (Å²) < 4.78 is 11.3. The number of ether oxygens (including phenoxy) is 2. The molecule has 1 atom stereocenters. The van der Waals surface area contributed by atoms with E-state index in [2.05, 4.69) is 6.07 Å². The molecule has 2 aromatic rings. The third-order valence-electron chi connectivity index (χ3n) is 4.21. The molecule has 21 heavy (non-hydrogen) atoms. The van der Waals surface area contributed by atoms with Crippen LogP contribution < -0.4 is 4.74 Å². The SMILES string of the molecule is O=C(c1ccc2c(c1)CCO2)C1OCCc2ccccc21. The van der Waals surface area contributed by atoms with Crippen LogP contribution in [0.5, 0.6) is 5.75 Å². The van der Waals surface area contributed by atoms with E-state index >= 15 is 0 Å². The summed E-state index contributed by atoms with van der Waals surface area (Å²) in [6.45, 7) is 1.30.